The molecule has 8 nitrogen and oxygen atoms in total. The van der Waals surface area contributed by atoms with Crippen LogP contribution in [0.4, 0.5) is 16.2 Å². The van der Waals surface area contributed by atoms with Gasteiger partial charge in [-0.2, -0.15) is 0 Å². The van der Waals surface area contributed by atoms with Crippen LogP contribution in [0.15, 0.2) is 35.3 Å². The summed E-state index contributed by atoms with van der Waals surface area (Å²) in [7, 11) is 2.09. The molecule has 32 heavy (non-hydrogen) atoms. The normalized spacial score (nSPS) is 16.2. The summed E-state index contributed by atoms with van der Waals surface area (Å²) in [5.41, 5.74) is 1.33. The van der Waals surface area contributed by atoms with Crippen molar-refractivity contribution in [2.24, 2.45) is 10.9 Å². The number of likely N-dealkylation sites (N-methyl/N-ethyl adjacent to an activating group) is 1. The summed E-state index contributed by atoms with van der Waals surface area (Å²) < 4.78 is 11.4. The van der Waals surface area contributed by atoms with Gasteiger partial charge >= 0.3 is 12.1 Å². The van der Waals surface area contributed by atoms with Crippen molar-refractivity contribution in [3.63, 3.8) is 0 Å². The number of thiophene rings is 1. The summed E-state index contributed by atoms with van der Waals surface area (Å²) in [5, 5.41) is 0.907. The number of rotatable bonds is 4. The Balaban J connectivity index is 1.78. The molecule has 2 aliphatic rings. The van der Waals surface area contributed by atoms with Crippen molar-refractivity contribution in [3.05, 3.63) is 45.1 Å². The summed E-state index contributed by atoms with van der Waals surface area (Å²) in [6.07, 6.45) is -0.602. The number of aryl methyl sites for hydroxylation is 1. The van der Waals surface area contributed by atoms with Crippen molar-refractivity contribution in [2.45, 2.75) is 20.8 Å². The average Bonchev–Trinajstić information content (AvgIpc) is 3.06. The van der Waals surface area contributed by atoms with Crippen LogP contribution in [0.1, 0.15) is 18.7 Å². The first kappa shape index (κ1) is 22.3. The quantitative estimate of drug-likeness (QED) is 0.520. The summed E-state index contributed by atoms with van der Waals surface area (Å²) in [4.78, 5) is 37.3. The first-order chi connectivity index (χ1) is 15.3. The van der Waals surface area contributed by atoms with Crippen LogP contribution in [0.2, 0.25) is 0 Å². The van der Waals surface area contributed by atoms with Crippen LogP contribution in [0.3, 0.4) is 0 Å². The largest absolute Gasteiger partial charge is 0.428 e. The molecule has 2 aromatic rings. The lowest BCUT2D eigenvalue weighted by atomic mass is 10.2. The number of ether oxygens (including phenoxy) is 2. The zero-order chi connectivity index (χ0) is 22.8. The van der Waals surface area contributed by atoms with Crippen LogP contribution < -0.4 is 14.8 Å². The van der Waals surface area contributed by atoms with Crippen LogP contribution >= 0.6 is 11.3 Å². The van der Waals surface area contributed by atoms with E-state index in [2.05, 4.69) is 22.9 Å². The van der Waals surface area contributed by atoms with Gasteiger partial charge in [-0.3, -0.25) is 4.79 Å². The minimum Gasteiger partial charge on any atom is -0.428 e. The standard InChI is InChI=1S/C23H28N4O4S/c1-15(2)22(28)30-14-31-23(29)27-19-8-6-5-7-18(19)24-20-17(13-16(3)32-20)21(27)26-11-9-25(4)10-12-26/h5-8,13,15H,9-12,14H2,1-4H3. The summed E-state index contributed by atoms with van der Waals surface area (Å²) >= 11 is 1.60. The lowest BCUT2D eigenvalue weighted by Crippen LogP contribution is -2.51. The summed E-state index contributed by atoms with van der Waals surface area (Å²) in [5.74, 6) is 0.0460. The first-order valence-corrected chi connectivity index (χ1v) is 11.5. The topological polar surface area (TPSA) is 74.7 Å². The van der Waals surface area contributed by atoms with Gasteiger partial charge in [-0.1, -0.05) is 26.0 Å². The highest BCUT2D eigenvalue weighted by Crippen LogP contribution is 2.34. The Labute approximate surface area is 191 Å². The monoisotopic (exact) mass is 456 g/mol. The molecule has 0 N–H and O–H groups in total. The maximum atomic E-state index is 13.4. The highest BCUT2D eigenvalue weighted by molar-refractivity contribution is 7.09. The number of esters is 1. The Kier molecular flexibility index (Phi) is 6.48. The SMILES string of the molecule is Cc1cc2c(s1)=Nc1ccccc1N(C(=O)OCOC(=O)C(C)C)C=2N1CCN(C)CC1. The zero-order valence-electron chi connectivity index (χ0n) is 18.8. The molecular formula is C23H28N4O4S. The molecule has 2 aliphatic heterocycles. The van der Waals surface area contributed by atoms with Crippen molar-refractivity contribution in [1.29, 1.82) is 0 Å². The fraction of sp³-hybridized carbons (Fsp3) is 0.435. The predicted molar refractivity (Wildman–Crippen MR) is 123 cm³/mol. The molecule has 0 bridgehead atoms. The van der Waals surface area contributed by atoms with Crippen LogP contribution in [-0.4, -0.2) is 61.9 Å². The maximum Gasteiger partial charge on any atom is 0.423 e. The third kappa shape index (κ3) is 4.49. The maximum absolute atomic E-state index is 13.4. The molecule has 1 aromatic heterocycles. The van der Waals surface area contributed by atoms with Gasteiger partial charge in [-0.25, -0.2) is 14.7 Å². The van der Waals surface area contributed by atoms with E-state index >= 15 is 0 Å². The van der Waals surface area contributed by atoms with Crippen molar-refractivity contribution >= 4 is 40.6 Å². The Hall–Kier alpha value is -2.91. The van der Waals surface area contributed by atoms with Gasteiger partial charge in [-0.15, -0.1) is 11.3 Å². The van der Waals surface area contributed by atoms with Crippen LogP contribution in [0, 0.1) is 12.8 Å². The molecule has 3 heterocycles. The Morgan fingerprint density at radius 1 is 1.12 bits per heavy atom. The molecule has 0 radical (unpaired) electrons. The van der Waals surface area contributed by atoms with E-state index in [1.807, 2.05) is 31.2 Å². The molecular weight excluding hydrogens is 428 g/mol. The van der Waals surface area contributed by atoms with E-state index < -0.39 is 18.9 Å². The molecule has 1 fully saturated rings. The first-order valence-electron chi connectivity index (χ1n) is 10.7. The van der Waals surface area contributed by atoms with E-state index in [1.54, 1.807) is 30.1 Å². The van der Waals surface area contributed by atoms with E-state index in [0.717, 1.165) is 46.8 Å². The average molecular weight is 457 g/mol. The fourth-order valence-corrected chi connectivity index (χ4v) is 4.61. The minimum absolute atomic E-state index is 0.296. The second kappa shape index (κ2) is 9.30. The number of para-hydroxylation sites is 2. The van der Waals surface area contributed by atoms with Crippen molar-refractivity contribution in [3.8, 4) is 0 Å². The third-order valence-electron chi connectivity index (χ3n) is 5.47. The van der Waals surface area contributed by atoms with Gasteiger partial charge in [0.15, 0.2) is 0 Å². The van der Waals surface area contributed by atoms with Gasteiger partial charge in [0.2, 0.25) is 6.79 Å². The van der Waals surface area contributed by atoms with E-state index in [4.69, 9.17) is 14.5 Å². The lowest BCUT2D eigenvalue weighted by Gasteiger charge is -2.38. The Bertz CT molecular complexity index is 1140. The van der Waals surface area contributed by atoms with Gasteiger partial charge in [-0.05, 0) is 32.2 Å². The third-order valence-corrected chi connectivity index (χ3v) is 6.42. The van der Waals surface area contributed by atoms with Crippen LogP contribution in [0.25, 0.3) is 5.82 Å². The Morgan fingerprint density at radius 2 is 1.84 bits per heavy atom. The molecule has 0 unspecified atom stereocenters. The van der Waals surface area contributed by atoms with Gasteiger partial charge in [0.05, 0.1) is 22.5 Å². The highest BCUT2D eigenvalue weighted by atomic mass is 32.1. The van der Waals surface area contributed by atoms with Crippen molar-refractivity contribution < 1.29 is 19.1 Å². The van der Waals surface area contributed by atoms with Gasteiger partial charge in [0.1, 0.15) is 10.5 Å². The minimum atomic E-state index is -0.602. The van der Waals surface area contributed by atoms with Crippen molar-refractivity contribution in [2.75, 3.05) is 44.9 Å². The molecule has 1 aromatic carbocycles. The molecule has 0 aliphatic carbocycles. The van der Waals surface area contributed by atoms with Crippen LogP contribution in [0.5, 0.6) is 0 Å². The number of benzene rings is 1. The van der Waals surface area contributed by atoms with Gasteiger partial charge in [0.25, 0.3) is 0 Å². The number of carbonyl (C=O) groups excluding carboxylic acids is 2. The molecule has 0 saturated carbocycles. The Morgan fingerprint density at radius 3 is 2.56 bits per heavy atom. The highest BCUT2D eigenvalue weighted by Gasteiger charge is 2.32. The predicted octanol–water partition coefficient (Wildman–Crippen LogP) is 2.43. The number of amides is 1. The molecule has 170 valence electrons. The van der Waals surface area contributed by atoms with Gasteiger partial charge < -0.3 is 19.3 Å². The molecule has 4 rings (SSSR count). The summed E-state index contributed by atoms with van der Waals surface area (Å²) in [6, 6.07) is 9.60. The number of piperazine rings is 1. The van der Waals surface area contributed by atoms with E-state index in [0.29, 0.717) is 11.4 Å². The van der Waals surface area contributed by atoms with E-state index in [9.17, 15) is 9.59 Å². The molecule has 0 spiro atoms. The van der Waals surface area contributed by atoms with E-state index in [-0.39, 0.29) is 5.92 Å². The number of hydrogen-bond acceptors (Lipinski definition) is 8. The molecule has 9 heteroatoms. The summed E-state index contributed by atoms with van der Waals surface area (Å²) in [6.45, 7) is 8.38. The lowest BCUT2D eigenvalue weighted by molar-refractivity contribution is -0.155. The second-order valence-electron chi connectivity index (χ2n) is 8.27. The zero-order valence-corrected chi connectivity index (χ0v) is 19.6. The number of fused-ring (bicyclic) bond motifs is 2. The van der Waals surface area contributed by atoms with Gasteiger partial charge in [0, 0.05) is 31.1 Å². The fourth-order valence-electron chi connectivity index (χ4n) is 3.72. The van der Waals surface area contributed by atoms with Crippen molar-refractivity contribution in [1.82, 2.24) is 9.80 Å². The smallest absolute Gasteiger partial charge is 0.423 e. The number of carbonyl (C=O) groups is 2. The number of hydrogen-bond donors (Lipinski definition) is 0. The van der Waals surface area contributed by atoms with E-state index in [1.165, 1.54) is 0 Å². The second-order valence-corrected chi connectivity index (χ2v) is 9.51. The number of nitrogens with zero attached hydrogens (tertiary/aromatic N) is 4. The van der Waals surface area contributed by atoms with Crippen LogP contribution in [-0.2, 0) is 14.3 Å². The molecule has 1 amide bonds. The molecule has 0 atom stereocenters. The molecule has 1 saturated heterocycles. The number of anilines is 1.